The Labute approximate surface area is 103 Å². The molecule has 0 saturated heterocycles. The van der Waals surface area contributed by atoms with E-state index in [0.29, 0.717) is 5.57 Å². The molecule has 0 saturated carbocycles. The summed E-state index contributed by atoms with van der Waals surface area (Å²) in [5, 5.41) is 8.94. The highest BCUT2D eigenvalue weighted by molar-refractivity contribution is 5.82. The minimum Gasteiger partial charge on any atom is -0.461 e. The molecule has 0 fully saturated rings. The van der Waals surface area contributed by atoms with Gasteiger partial charge in [0.15, 0.2) is 0 Å². The first kappa shape index (κ1) is 13.3. The van der Waals surface area contributed by atoms with Gasteiger partial charge in [0.1, 0.15) is 11.5 Å². The smallest absolute Gasteiger partial charge is 0.138 e. The highest BCUT2D eigenvalue weighted by Gasteiger charge is 2.14. The van der Waals surface area contributed by atoms with Gasteiger partial charge in [-0.15, -0.1) is 0 Å². The summed E-state index contributed by atoms with van der Waals surface area (Å²) < 4.78 is 5.81. The molecule has 0 aliphatic carbocycles. The van der Waals surface area contributed by atoms with E-state index in [4.69, 9.17) is 9.68 Å². The molecule has 0 atom stereocenters. The normalized spacial score (nSPS) is 11.3. The molecule has 0 N–H and O–H groups in total. The SMILES string of the molecule is C=C(C#N)c1cc(CCCC)oc1/C(C)=C\C. The van der Waals surface area contributed by atoms with Gasteiger partial charge in [-0.05, 0) is 31.9 Å². The first-order valence-electron chi connectivity index (χ1n) is 5.99. The molecule has 1 aromatic rings. The molecule has 1 rings (SSSR count). The maximum absolute atomic E-state index is 8.94. The molecular weight excluding hydrogens is 210 g/mol. The summed E-state index contributed by atoms with van der Waals surface area (Å²) in [5.41, 5.74) is 2.33. The second-order valence-electron chi connectivity index (χ2n) is 4.12. The van der Waals surface area contributed by atoms with Crippen molar-refractivity contribution in [3.8, 4) is 6.07 Å². The van der Waals surface area contributed by atoms with Crippen LogP contribution in [0.1, 0.15) is 50.7 Å². The monoisotopic (exact) mass is 229 g/mol. The van der Waals surface area contributed by atoms with E-state index in [2.05, 4.69) is 19.6 Å². The van der Waals surface area contributed by atoms with Gasteiger partial charge >= 0.3 is 0 Å². The van der Waals surface area contributed by atoms with Crippen LogP contribution in [0.3, 0.4) is 0 Å². The summed E-state index contributed by atoms with van der Waals surface area (Å²) in [5.74, 6) is 1.72. The van der Waals surface area contributed by atoms with Crippen molar-refractivity contribution in [3.63, 3.8) is 0 Å². The van der Waals surface area contributed by atoms with Gasteiger partial charge in [0.25, 0.3) is 0 Å². The highest BCUT2D eigenvalue weighted by atomic mass is 16.3. The lowest BCUT2D eigenvalue weighted by atomic mass is 10.0. The third-order valence-electron chi connectivity index (χ3n) is 2.81. The molecule has 0 spiro atoms. The minimum absolute atomic E-state index is 0.465. The molecule has 17 heavy (non-hydrogen) atoms. The standard InChI is InChI=1S/C15H19NO/c1-5-7-8-13-9-14(12(4)10-16)15(17-13)11(3)6-2/h6,9H,4-5,7-8H2,1-3H3/b11-6-. The van der Waals surface area contributed by atoms with Crippen LogP contribution in [0.2, 0.25) is 0 Å². The third-order valence-corrected chi connectivity index (χ3v) is 2.81. The van der Waals surface area contributed by atoms with E-state index in [0.717, 1.165) is 41.9 Å². The summed E-state index contributed by atoms with van der Waals surface area (Å²) in [6.07, 6.45) is 5.13. The van der Waals surface area contributed by atoms with E-state index < -0.39 is 0 Å². The van der Waals surface area contributed by atoms with Crippen molar-refractivity contribution in [3.05, 3.63) is 35.8 Å². The van der Waals surface area contributed by atoms with Crippen molar-refractivity contribution in [2.75, 3.05) is 0 Å². The van der Waals surface area contributed by atoms with Gasteiger partial charge in [0, 0.05) is 12.0 Å². The Hall–Kier alpha value is -1.75. The maximum atomic E-state index is 8.94. The van der Waals surface area contributed by atoms with Crippen LogP contribution >= 0.6 is 0 Å². The van der Waals surface area contributed by atoms with Gasteiger partial charge in [0.2, 0.25) is 0 Å². The molecule has 1 aromatic heterocycles. The number of nitriles is 1. The summed E-state index contributed by atoms with van der Waals surface area (Å²) in [7, 11) is 0. The number of furan rings is 1. The Bertz CT molecular complexity index is 472. The summed E-state index contributed by atoms with van der Waals surface area (Å²) in [6, 6.07) is 4.04. The van der Waals surface area contributed by atoms with Crippen LogP contribution in [0.25, 0.3) is 11.1 Å². The Morgan fingerprint density at radius 2 is 2.29 bits per heavy atom. The van der Waals surface area contributed by atoms with E-state index >= 15 is 0 Å². The Kier molecular flexibility index (Phi) is 4.78. The zero-order chi connectivity index (χ0) is 12.8. The summed E-state index contributed by atoms with van der Waals surface area (Å²) in [6.45, 7) is 9.86. The molecule has 2 heteroatoms. The fourth-order valence-electron chi connectivity index (χ4n) is 1.62. The van der Waals surface area contributed by atoms with Gasteiger partial charge in [-0.2, -0.15) is 5.26 Å². The molecule has 0 aliphatic rings. The van der Waals surface area contributed by atoms with Gasteiger partial charge in [-0.1, -0.05) is 26.0 Å². The van der Waals surface area contributed by atoms with Crippen LogP contribution in [-0.4, -0.2) is 0 Å². The van der Waals surface area contributed by atoms with Crippen LogP contribution < -0.4 is 0 Å². The number of hydrogen-bond donors (Lipinski definition) is 0. The van der Waals surface area contributed by atoms with E-state index in [1.54, 1.807) is 0 Å². The molecule has 0 unspecified atom stereocenters. The molecule has 0 radical (unpaired) electrons. The average molecular weight is 229 g/mol. The van der Waals surface area contributed by atoms with Crippen LogP contribution in [0.4, 0.5) is 0 Å². The number of nitrogens with zero attached hydrogens (tertiary/aromatic N) is 1. The van der Waals surface area contributed by atoms with Crippen molar-refractivity contribution >= 4 is 11.1 Å². The fraction of sp³-hybridized carbons (Fsp3) is 0.400. The van der Waals surface area contributed by atoms with Crippen molar-refractivity contribution in [2.45, 2.75) is 40.0 Å². The second kappa shape index (κ2) is 6.10. The first-order chi connectivity index (χ1) is 8.13. The Morgan fingerprint density at radius 1 is 1.59 bits per heavy atom. The van der Waals surface area contributed by atoms with Crippen molar-refractivity contribution in [1.29, 1.82) is 5.26 Å². The number of hydrogen-bond acceptors (Lipinski definition) is 2. The molecule has 90 valence electrons. The lowest BCUT2D eigenvalue weighted by Crippen LogP contribution is -1.82. The van der Waals surface area contributed by atoms with E-state index in [9.17, 15) is 0 Å². The molecule has 0 aromatic carbocycles. The lowest BCUT2D eigenvalue weighted by Gasteiger charge is -1.99. The zero-order valence-corrected chi connectivity index (χ0v) is 10.8. The van der Waals surface area contributed by atoms with Crippen LogP contribution in [0, 0.1) is 11.3 Å². The lowest BCUT2D eigenvalue weighted by molar-refractivity contribution is 0.489. The number of rotatable bonds is 5. The maximum Gasteiger partial charge on any atom is 0.138 e. The van der Waals surface area contributed by atoms with Crippen molar-refractivity contribution < 1.29 is 4.42 Å². The predicted octanol–water partition coefficient (Wildman–Crippen LogP) is 4.58. The van der Waals surface area contributed by atoms with Gasteiger partial charge in [-0.3, -0.25) is 0 Å². The van der Waals surface area contributed by atoms with E-state index in [1.165, 1.54) is 0 Å². The Morgan fingerprint density at radius 3 is 2.82 bits per heavy atom. The van der Waals surface area contributed by atoms with Crippen LogP contribution in [0.15, 0.2) is 23.1 Å². The molecule has 0 amide bonds. The van der Waals surface area contributed by atoms with Crippen molar-refractivity contribution in [2.24, 2.45) is 0 Å². The van der Waals surface area contributed by atoms with E-state index in [1.807, 2.05) is 26.0 Å². The number of allylic oxidation sites excluding steroid dienone is 3. The van der Waals surface area contributed by atoms with Gasteiger partial charge in [0.05, 0.1) is 11.6 Å². The highest BCUT2D eigenvalue weighted by Crippen LogP contribution is 2.28. The van der Waals surface area contributed by atoms with Gasteiger partial charge < -0.3 is 4.42 Å². The molecule has 0 bridgehead atoms. The average Bonchev–Trinajstić information content (AvgIpc) is 2.78. The largest absolute Gasteiger partial charge is 0.461 e. The van der Waals surface area contributed by atoms with Crippen LogP contribution in [0.5, 0.6) is 0 Å². The third kappa shape index (κ3) is 3.10. The second-order valence-corrected chi connectivity index (χ2v) is 4.12. The molecule has 2 nitrogen and oxygen atoms in total. The number of aryl methyl sites for hydroxylation is 1. The quantitative estimate of drug-likeness (QED) is 0.693. The fourth-order valence-corrected chi connectivity index (χ4v) is 1.62. The van der Waals surface area contributed by atoms with Crippen molar-refractivity contribution in [1.82, 2.24) is 0 Å². The molecular formula is C15H19NO. The van der Waals surface area contributed by atoms with Gasteiger partial charge in [-0.25, -0.2) is 0 Å². The van der Waals surface area contributed by atoms with E-state index in [-0.39, 0.29) is 0 Å². The summed E-state index contributed by atoms with van der Waals surface area (Å²) >= 11 is 0. The summed E-state index contributed by atoms with van der Waals surface area (Å²) in [4.78, 5) is 0. The first-order valence-corrected chi connectivity index (χ1v) is 5.99. The van der Waals surface area contributed by atoms with Crippen LogP contribution in [-0.2, 0) is 6.42 Å². The minimum atomic E-state index is 0.465. The topological polar surface area (TPSA) is 36.9 Å². The Balaban J connectivity index is 3.13. The molecule has 0 aliphatic heterocycles. The predicted molar refractivity (Wildman–Crippen MR) is 71.3 cm³/mol. The zero-order valence-electron chi connectivity index (χ0n) is 10.8. The number of unbranched alkanes of at least 4 members (excludes halogenated alkanes) is 1. The molecule has 1 heterocycles.